The molecule has 0 saturated heterocycles. The van der Waals surface area contributed by atoms with Gasteiger partial charge in [0.25, 0.3) is 0 Å². The smallest absolute Gasteiger partial charge is 0.231 e. The number of rotatable bonds is 4. The topological polar surface area (TPSA) is 84.0 Å². The van der Waals surface area contributed by atoms with Crippen LogP contribution in [0, 0.1) is 0 Å². The first-order chi connectivity index (χ1) is 10.1. The Balaban J connectivity index is 2.08. The number of anilines is 3. The van der Waals surface area contributed by atoms with E-state index >= 15 is 0 Å². The molecular weight excluding hydrogens is 300 g/mol. The number of nitrogens with zero attached hydrogens (tertiary/aromatic N) is 2. The van der Waals surface area contributed by atoms with Crippen LogP contribution in [0.2, 0.25) is 0 Å². The molecule has 2 N–H and O–H groups in total. The third-order valence-electron chi connectivity index (χ3n) is 2.98. The highest BCUT2D eigenvalue weighted by atomic mass is 32.2. The summed E-state index contributed by atoms with van der Waals surface area (Å²) in [5.41, 5.74) is 2.25. The minimum Gasteiger partial charge on any atom is -0.339 e. The Morgan fingerprint density at radius 3 is 1.91 bits per heavy atom. The molecule has 0 fully saturated rings. The zero-order valence-electron chi connectivity index (χ0n) is 13.1. The van der Waals surface area contributed by atoms with E-state index in [0.29, 0.717) is 5.82 Å². The molecule has 22 heavy (non-hydrogen) atoms. The van der Waals surface area contributed by atoms with Crippen molar-refractivity contribution in [3.8, 4) is 0 Å². The Morgan fingerprint density at radius 2 is 1.45 bits per heavy atom. The molecule has 0 aliphatic rings. The van der Waals surface area contributed by atoms with E-state index in [1.807, 2.05) is 12.1 Å². The molecule has 6 nitrogen and oxygen atoms in total. The highest BCUT2D eigenvalue weighted by Gasteiger charge is 2.12. The first kappa shape index (κ1) is 16.2. The summed E-state index contributed by atoms with van der Waals surface area (Å²) in [6, 6.07) is 11.3. The van der Waals surface area contributed by atoms with E-state index in [-0.39, 0.29) is 11.2 Å². The summed E-state index contributed by atoms with van der Waals surface area (Å²) in [5, 5.41) is 10.9. The van der Waals surface area contributed by atoms with Crippen molar-refractivity contribution in [1.82, 2.24) is 10.2 Å². The Kier molecular flexibility index (Phi) is 4.37. The van der Waals surface area contributed by atoms with Gasteiger partial charge in [-0.2, -0.15) is 0 Å². The summed E-state index contributed by atoms with van der Waals surface area (Å²) in [6.07, 6.45) is 1.07. The maximum absolute atomic E-state index is 11.1. The van der Waals surface area contributed by atoms with Crippen LogP contribution in [0.1, 0.15) is 26.3 Å². The van der Waals surface area contributed by atoms with E-state index in [4.69, 9.17) is 0 Å². The van der Waals surface area contributed by atoms with Gasteiger partial charge in [-0.1, -0.05) is 32.9 Å². The lowest BCUT2D eigenvalue weighted by Gasteiger charge is -2.19. The molecule has 7 heteroatoms. The second kappa shape index (κ2) is 5.92. The average Bonchev–Trinajstić information content (AvgIpc) is 2.39. The van der Waals surface area contributed by atoms with E-state index in [2.05, 4.69) is 53.1 Å². The quantitative estimate of drug-likeness (QED) is 0.905. The van der Waals surface area contributed by atoms with Gasteiger partial charge in [-0.05, 0) is 35.2 Å². The highest BCUT2D eigenvalue weighted by Crippen LogP contribution is 2.24. The number of aromatic nitrogens is 2. The second-order valence-electron chi connectivity index (χ2n) is 6.13. The molecule has 0 aliphatic heterocycles. The molecule has 0 radical (unpaired) electrons. The first-order valence-electron chi connectivity index (χ1n) is 6.82. The van der Waals surface area contributed by atoms with Crippen molar-refractivity contribution in [1.29, 1.82) is 0 Å². The van der Waals surface area contributed by atoms with Gasteiger partial charge in [0.1, 0.15) is 0 Å². The Morgan fingerprint density at radius 1 is 0.909 bits per heavy atom. The van der Waals surface area contributed by atoms with Gasteiger partial charge in [0.05, 0.1) is 6.26 Å². The van der Waals surface area contributed by atoms with Crippen LogP contribution in [0.4, 0.5) is 17.3 Å². The molecule has 1 heterocycles. The van der Waals surface area contributed by atoms with Crippen LogP contribution in [0.5, 0.6) is 0 Å². The normalized spacial score (nSPS) is 12.0. The van der Waals surface area contributed by atoms with Crippen molar-refractivity contribution >= 4 is 27.3 Å². The zero-order valence-corrected chi connectivity index (χ0v) is 13.9. The predicted molar refractivity (Wildman–Crippen MR) is 88.9 cm³/mol. The van der Waals surface area contributed by atoms with Crippen LogP contribution in [-0.2, 0) is 15.4 Å². The van der Waals surface area contributed by atoms with Crippen LogP contribution < -0.4 is 10.0 Å². The lowest BCUT2D eigenvalue weighted by molar-refractivity contribution is 0.590. The maximum Gasteiger partial charge on any atom is 0.231 e. The third kappa shape index (κ3) is 4.70. The molecule has 0 atom stereocenters. The summed E-state index contributed by atoms with van der Waals surface area (Å²) >= 11 is 0. The Hall–Kier alpha value is -2.15. The molecule has 0 spiro atoms. The van der Waals surface area contributed by atoms with Gasteiger partial charge in [0, 0.05) is 5.69 Å². The lowest BCUT2D eigenvalue weighted by atomic mass is 9.87. The van der Waals surface area contributed by atoms with E-state index in [1.54, 1.807) is 12.1 Å². The van der Waals surface area contributed by atoms with Crippen molar-refractivity contribution < 1.29 is 8.42 Å². The summed E-state index contributed by atoms with van der Waals surface area (Å²) in [7, 11) is -3.34. The molecule has 2 aromatic rings. The molecule has 0 bridgehead atoms. The number of hydrogen-bond donors (Lipinski definition) is 2. The van der Waals surface area contributed by atoms with Gasteiger partial charge in [-0.25, -0.2) is 8.42 Å². The summed E-state index contributed by atoms with van der Waals surface area (Å²) in [4.78, 5) is 0. The monoisotopic (exact) mass is 320 g/mol. The molecule has 1 aromatic heterocycles. The highest BCUT2D eigenvalue weighted by molar-refractivity contribution is 7.92. The second-order valence-corrected chi connectivity index (χ2v) is 7.88. The number of nitrogens with one attached hydrogen (secondary N) is 2. The van der Waals surface area contributed by atoms with Crippen LogP contribution >= 0.6 is 0 Å². The van der Waals surface area contributed by atoms with Crippen LogP contribution in [0.25, 0.3) is 0 Å². The summed E-state index contributed by atoms with van der Waals surface area (Å²) in [6.45, 7) is 6.48. The lowest BCUT2D eigenvalue weighted by Crippen LogP contribution is -2.11. The number of sulfonamides is 1. The SMILES string of the molecule is CC(C)(C)c1ccc(Nc2ccc(NS(C)(=O)=O)nn2)cc1. The third-order valence-corrected chi connectivity index (χ3v) is 3.56. The van der Waals surface area contributed by atoms with E-state index in [9.17, 15) is 8.42 Å². The van der Waals surface area contributed by atoms with Crippen molar-refractivity contribution in [2.24, 2.45) is 0 Å². The molecule has 0 saturated carbocycles. The van der Waals surface area contributed by atoms with Gasteiger partial charge < -0.3 is 5.32 Å². The van der Waals surface area contributed by atoms with Gasteiger partial charge in [0.2, 0.25) is 10.0 Å². The molecule has 2 rings (SSSR count). The van der Waals surface area contributed by atoms with Crippen molar-refractivity contribution in [2.75, 3.05) is 16.3 Å². The van der Waals surface area contributed by atoms with Crippen molar-refractivity contribution in [3.05, 3.63) is 42.0 Å². The standard InChI is InChI=1S/C15H20N4O2S/c1-15(2,3)11-5-7-12(8-6-11)16-13-9-10-14(18-17-13)19-22(4,20)21/h5-10H,1-4H3,(H,16,17)(H,18,19). The fourth-order valence-electron chi connectivity index (χ4n) is 1.84. The molecule has 1 aromatic carbocycles. The fraction of sp³-hybridized carbons (Fsp3) is 0.333. The molecular formula is C15H20N4O2S. The van der Waals surface area contributed by atoms with E-state index in [0.717, 1.165) is 11.9 Å². The Labute approximate surface area is 131 Å². The van der Waals surface area contributed by atoms with Gasteiger partial charge >= 0.3 is 0 Å². The minimum absolute atomic E-state index is 0.108. The van der Waals surface area contributed by atoms with Gasteiger partial charge in [0.15, 0.2) is 11.6 Å². The summed E-state index contributed by atoms with van der Waals surface area (Å²) < 4.78 is 24.5. The van der Waals surface area contributed by atoms with Crippen molar-refractivity contribution in [2.45, 2.75) is 26.2 Å². The molecule has 0 unspecified atom stereocenters. The predicted octanol–water partition coefficient (Wildman–Crippen LogP) is 2.89. The van der Waals surface area contributed by atoms with Crippen molar-refractivity contribution in [3.63, 3.8) is 0 Å². The molecule has 118 valence electrons. The fourth-order valence-corrected chi connectivity index (χ4v) is 2.33. The van der Waals surface area contributed by atoms with Crippen LogP contribution in [0.15, 0.2) is 36.4 Å². The zero-order chi connectivity index (χ0) is 16.4. The van der Waals surface area contributed by atoms with Gasteiger partial charge in [-0.3, -0.25) is 4.72 Å². The average molecular weight is 320 g/mol. The number of benzene rings is 1. The number of hydrogen-bond acceptors (Lipinski definition) is 5. The van der Waals surface area contributed by atoms with E-state index < -0.39 is 10.0 Å². The maximum atomic E-state index is 11.1. The Bertz CT molecular complexity index is 733. The summed E-state index contributed by atoms with van der Waals surface area (Å²) in [5.74, 6) is 0.735. The molecule has 0 aliphatic carbocycles. The largest absolute Gasteiger partial charge is 0.339 e. The van der Waals surface area contributed by atoms with Crippen LogP contribution in [-0.4, -0.2) is 24.9 Å². The molecule has 0 amide bonds. The minimum atomic E-state index is -3.34. The first-order valence-corrected chi connectivity index (χ1v) is 8.72. The van der Waals surface area contributed by atoms with E-state index in [1.165, 1.54) is 5.56 Å². The van der Waals surface area contributed by atoms with Crippen LogP contribution in [0.3, 0.4) is 0 Å². The van der Waals surface area contributed by atoms with Gasteiger partial charge in [-0.15, -0.1) is 10.2 Å².